The van der Waals surface area contributed by atoms with Crippen LogP contribution < -0.4 is 10.6 Å². The van der Waals surface area contributed by atoms with Crippen molar-refractivity contribution in [3.63, 3.8) is 0 Å². The quantitative estimate of drug-likeness (QED) is 0.802. The Balaban J connectivity index is 2.05. The van der Waals surface area contributed by atoms with Gasteiger partial charge in [0.05, 0.1) is 10.6 Å². The van der Waals surface area contributed by atoms with Gasteiger partial charge in [0.1, 0.15) is 0 Å². The van der Waals surface area contributed by atoms with Gasteiger partial charge in [0, 0.05) is 22.4 Å². The first kappa shape index (κ1) is 14.2. The van der Waals surface area contributed by atoms with Gasteiger partial charge in [-0.05, 0) is 55.3 Å². The first-order valence-corrected chi connectivity index (χ1v) is 7.40. The molecule has 108 valence electrons. The highest BCUT2D eigenvalue weighted by Gasteiger charge is 2.32. The molecule has 0 saturated heterocycles. The number of nitrogen functional groups attached to an aromatic ring is 1. The first-order valence-electron chi connectivity index (χ1n) is 6.64. The number of rotatable bonds is 1. The summed E-state index contributed by atoms with van der Waals surface area (Å²) < 4.78 is 0. The van der Waals surface area contributed by atoms with Crippen LogP contribution in [0.5, 0.6) is 0 Å². The molecule has 2 aromatic rings. The summed E-state index contributed by atoms with van der Waals surface area (Å²) in [5, 5.41) is 0.896. The van der Waals surface area contributed by atoms with Gasteiger partial charge in [-0.25, -0.2) is 0 Å². The van der Waals surface area contributed by atoms with Crippen LogP contribution in [-0.4, -0.2) is 11.9 Å². The molecule has 0 radical (unpaired) electrons. The van der Waals surface area contributed by atoms with Gasteiger partial charge in [0.25, 0.3) is 5.91 Å². The van der Waals surface area contributed by atoms with Gasteiger partial charge < -0.3 is 10.6 Å². The number of benzene rings is 2. The van der Waals surface area contributed by atoms with Crippen LogP contribution in [0.3, 0.4) is 0 Å². The van der Waals surface area contributed by atoms with E-state index < -0.39 is 0 Å². The van der Waals surface area contributed by atoms with Crippen LogP contribution in [0.2, 0.25) is 10.0 Å². The van der Waals surface area contributed by atoms with Gasteiger partial charge >= 0.3 is 0 Å². The number of amides is 1. The zero-order chi connectivity index (χ0) is 15.1. The average Bonchev–Trinajstić information content (AvgIpc) is 2.75. The molecule has 0 aliphatic carbocycles. The van der Waals surface area contributed by atoms with Gasteiger partial charge in [-0.2, -0.15) is 0 Å². The normalized spacial score (nSPS) is 16.9. The standard InChI is InChI=1S/C16H14Cl2N2O/c1-9-6-10-7-12(19)3-5-15(10)20(9)16(21)13-8-11(17)2-4-14(13)18/h2-5,7-9H,6,19H2,1H3. The fraction of sp³-hybridized carbons (Fsp3) is 0.188. The van der Waals surface area contributed by atoms with E-state index in [1.54, 1.807) is 29.2 Å². The van der Waals surface area contributed by atoms with Crippen LogP contribution in [0.1, 0.15) is 22.8 Å². The second kappa shape index (κ2) is 5.24. The first-order chi connectivity index (χ1) is 9.97. The van der Waals surface area contributed by atoms with Crippen molar-refractivity contribution >= 4 is 40.5 Å². The minimum absolute atomic E-state index is 0.0596. The third-order valence-electron chi connectivity index (χ3n) is 3.70. The SMILES string of the molecule is CC1Cc2cc(N)ccc2N1C(=O)c1cc(Cl)ccc1Cl. The molecule has 1 unspecified atom stereocenters. The molecule has 1 aliphatic heterocycles. The number of hydrogen-bond donors (Lipinski definition) is 1. The monoisotopic (exact) mass is 320 g/mol. The van der Waals surface area contributed by atoms with Gasteiger partial charge in [0.2, 0.25) is 0 Å². The molecule has 0 fully saturated rings. The number of carbonyl (C=O) groups excluding carboxylic acids is 1. The van der Waals surface area contributed by atoms with Crippen molar-refractivity contribution in [2.75, 3.05) is 10.6 Å². The molecule has 0 saturated carbocycles. The molecule has 0 bridgehead atoms. The van der Waals surface area contributed by atoms with Crippen molar-refractivity contribution < 1.29 is 4.79 Å². The molecular weight excluding hydrogens is 307 g/mol. The largest absolute Gasteiger partial charge is 0.399 e. The molecule has 5 heteroatoms. The Morgan fingerprint density at radius 1 is 1.24 bits per heavy atom. The maximum atomic E-state index is 12.8. The summed E-state index contributed by atoms with van der Waals surface area (Å²) >= 11 is 12.1. The Labute approximate surface area is 133 Å². The van der Waals surface area contributed by atoms with Crippen LogP contribution in [0.15, 0.2) is 36.4 Å². The lowest BCUT2D eigenvalue weighted by Crippen LogP contribution is -2.35. The van der Waals surface area contributed by atoms with E-state index in [0.29, 0.717) is 21.3 Å². The lowest BCUT2D eigenvalue weighted by atomic mass is 10.1. The maximum Gasteiger partial charge on any atom is 0.260 e. The molecule has 2 aromatic carbocycles. The molecule has 0 aromatic heterocycles. The lowest BCUT2D eigenvalue weighted by molar-refractivity contribution is 0.0981. The van der Waals surface area contributed by atoms with Crippen LogP contribution in [-0.2, 0) is 6.42 Å². The topological polar surface area (TPSA) is 46.3 Å². The Hall–Kier alpha value is -1.71. The van der Waals surface area contributed by atoms with E-state index >= 15 is 0 Å². The number of fused-ring (bicyclic) bond motifs is 1. The third-order valence-corrected chi connectivity index (χ3v) is 4.26. The molecule has 3 rings (SSSR count). The average molecular weight is 321 g/mol. The van der Waals surface area contributed by atoms with Crippen molar-refractivity contribution in [2.24, 2.45) is 0 Å². The molecule has 1 atom stereocenters. The maximum absolute atomic E-state index is 12.8. The number of halogens is 2. The minimum atomic E-state index is -0.140. The molecular formula is C16H14Cl2N2O. The highest BCUT2D eigenvalue weighted by Crippen LogP contribution is 2.35. The van der Waals surface area contributed by atoms with E-state index in [9.17, 15) is 4.79 Å². The van der Waals surface area contributed by atoms with Crippen LogP contribution in [0.4, 0.5) is 11.4 Å². The number of carbonyl (C=O) groups is 1. The lowest BCUT2D eigenvalue weighted by Gasteiger charge is -2.23. The summed E-state index contributed by atoms with van der Waals surface area (Å²) in [4.78, 5) is 14.6. The van der Waals surface area contributed by atoms with Crippen LogP contribution >= 0.6 is 23.2 Å². The summed E-state index contributed by atoms with van der Waals surface area (Å²) in [5.74, 6) is -0.140. The zero-order valence-corrected chi connectivity index (χ0v) is 12.9. The van der Waals surface area contributed by atoms with Gasteiger partial charge in [-0.1, -0.05) is 23.2 Å². The second-order valence-electron chi connectivity index (χ2n) is 5.24. The van der Waals surface area contributed by atoms with E-state index in [-0.39, 0.29) is 11.9 Å². The van der Waals surface area contributed by atoms with Gasteiger partial charge in [-0.15, -0.1) is 0 Å². The number of hydrogen-bond acceptors (Lipinski definition) is 2. The summed E-state index contributed by atoms with van der Waals surface area (Å²) in [5.41, 5.74) is 8.90. The van der Waals surface area contributed by atoms with E-state index in [2.05, 4.69) is 0 Å². The minimum Gasteiger partial charge on any atom is -0.399 e. The Morgan fingerprint density at radius 2 is 2.00 bits per heavy atom. The van der Waals surface area contributed by atoms with Gasteiger partial charge in [0.15, 0.2) is 0 Å². The van der Waals surface area contributed by atoms with Crippen LogP contribution in [0, 0.1) is 0 Å². The molecule has 21 heavy (non-hydrogen) atoms. The molecule has 0 spiro atoms. The highest BCUT2D eigenvalue weighted by molar-refractivity contribution is 6.36. The molecule has 1 heterocycles. The fourth-order valence-electron chi connectivity index (χ4n) is 2.75. The van der Waals surface area contributed by atoms with Crippen molar-refractivity contribution in [3.8, 4) is 0 Å². The fourth-order valence-corrected chi connectivity index (χ4v) is 3.12. The van der Waals surface area contributed by atoms with Crippen molar-refractivity contribution in [1.82, 2.24) is 0 Å². The Morgan fingerprint density at radius 3 is 2.76 bits per heavy atom. The van der Waals surface area contributed by atoms with E-state index in [1.165, 1.54) is 0 Å². The predicted molar refractivity (Wildman–Crippen MR) is 87.3 cm³/mol. The summed E-state index contributed by atoms with van der Waals surface area (Å²) in [6.45, 7) is 2.01. The summed E-state index contributed by atoms with van der Waals surface area (Å²) in [6, 6.07) is 10.6. The smallest absolute Gasteiger partial charge is 0.260 e. The highest BCUT2D eigenvalue weighted by atomic mass is 35.5. The van der Waals surface area contributed by atoms with E-state index in [4.69, 9.17) is 28.9 Å². The molecule has 1 aliphatic rings. The number of nitrogens with two attached hydrogens (primary N) is 1. The summed E-state index contributed by atoms with van der Waals surface area (Å²) in [7, 11) is 0. The Kier molecular flexibility index (Phi) is 3.56. The zero-order valence-electron chi connectivity index (χ0n) is 11.4. The molecule has 1 amide bonds. The van der Waals surface area contributed by atoms with Crippen LogP contribution in [0.25, 0.3) is 0 Å². The van der Waals surface area contributed by atoms with E-state index in [1.807, 2.05) is 19.1 Å². The molecule has 2 N–H and O–H groups in total. The van der Waals surface area contributed by atoms with Crippen molar-refractivity contribution in [1.29, 1.82) is 0 Å². The second-order valence-corrected chi connectivity index (χ2v) is 6.08. The molecule has 3 nitrogen and oxygen atoms in total. The summed E-state index contributed by atoms with van der Waals surface area (Å²) in [6.07, 6.45) is 0.782. The number of anilines is 2. The van der Waals surface area contributed by atoms with Crippen molar-refractivity contribution in [3.05, 3.63) is 57.6 Å². The predicted octanol–water partition coefficient (Wildman–Crippen LogP) is 4.17. The Bertz CT molecular complexity index is 730. The number of nitrogens with zero attached hydrogens (tertiary/aromatic N) is 1. The third kappa shape index (κ3) is 2.47. The van der Waals surface area contributed by atoms with E-state index in [0.717, 1.165) is 17.7 Å². The van der Waals surface area contributed by atoms with Crippen molar-refractivity contribution in [2.45, 2.75) is 19.4 Å². The van der Waals surface area contributed by atoms with Gasteiger partial charge in [-0.3, -0.25) is 4.79 Å².